The molecule has 0 N–H and O–H groups in total. The number of aromatic nitrogens is 1. The largest absolute Gasteiger partial charge is 0.433 e. The van der Waals surface area contributed by atoms with E-state index in [4.69, 9.17) is 0 Å². The summed E-state index contributed by atoms with van der Waals surface area (Å²) in [5.74, 6) is -0.592. The molecule has 0 aliphatic carbocycles. The Morgan fingerprint density at radius 2 is 1.84 bits per heavy atom. The van der Waals surface area contributed by atoms with Gasteiger partial charge >= 0.3 is 6.18 Å². The number of aldehydes is 1. The van der Waals surface area contributed by atoms with Crippen LogP contribution in [0.3, 0.4) is 0 Å². The Balaban J connectivity index is 2.46. The molecule has 1 aromatic carbocycles. The van der Waals surface area contributed by atoms with Crippen molar-refractivity contribution in [2.24, 2.45) is 0 Å². The molecule has 0 atom stereocenters. The van der Waals surface area contributed by atoms with Crippen molar-refractivity contribution in [3.63, 3.8) is 0 Å². The number of carbonyl (C=O) groups is 1. The van der Waals surface area contributed by atoms with Crippen molar-refractivity contribution >= 4 is 6.29 Å². The molecule has 0 saturated carbocycles. The van der Waals surface area contributed by atoms with Crippen LogP contribution in [0.25, 0.3) is 11.1 Å². The number of benzene rings is 1. The normalized spacial score (nSPS) is 11.4. The van der Waals surface area contributed by atoms with Crippen LogP contribution in [-0.2, 0) is 6.18 Å². The summed E-state index contributed by atoms with van der Waals surface area (Å²) in [7, 11) is 0. The van der Waals surface area contributed by atoms with Gasteiger partial charge in [-0.1, -0.05) is 12.1 Å². The third-order valence-corrected chi connectivity index (χ3v) is 2.51. The van der Waals surface area contributed by atoms with E-state index >= 15 is 0 Å². The zero-order chi connectivity index (χ0) is 14.0. The summed E-state index contributed by atoms with van der Waals surface area (Å²) in [5.41, 5.74) is -0.319. The van der Waals surface area contributed by atoms with Gasteiger partial charge in [0.2, 0.25) is 0 Å². The molecule has 0 bridgehead atoms. The lowest BCUT2D eigenvalue weighted by molar-refractivity contribution is -0.141. The minimum absolute atomic E-state index is 0.0570. The van der Waals surface area contributed by atoms with Crippen LogP contribution in [0.15, 0.2) is 36.5 Å². The van der Waals surface area contributed by atoms with Crippen LogP contribution >= 0.6 is 0 Å². The van der Waals surface area contributed by atoms with Crippen molar-refractivity contribution in [2.75, 3.05) is 0 Å². The summed E-state index contributed by atoms with van der Waals surface area (Å²) in [6.45, 7) is 0. The van der Waals surface area contributed by atoms with E-state index in [0.29, 0.717) is 17.4 Å². The Kier molecular flexibility index (Phi) is 3.33. The molecule has 0 amide bonds. The first kappa shape index (κ1) is 13.2. The molecule has 0 fully saturated rings. The summed E-state index contributed by atoms with van der Waals surface area (Å²) < 4.78 is 50.0. The number of hydrogen-bond donors (Lipinski definition) is 0. The molecule has 0 aliphatic heterocycles. The second-order valence-electron chi connectivity index (χ2n) is 3.78. The second kappa shape index (κ2) is 4.79. The minimum Gasteiger partial charge on any atom is -0.298 e. The van der Waals surface area contributed by atoms with Crippen LogP contribution in [0.4, 0.5) is 17.6 Å². The molecule has 0 unspecified atom stereocenters. The first-order valence-corrected chi connectivity index (χ1v) is 5.20. The smallest absolute Gasteiger partial charge is 0.298 e. The zero-order valence-electron chi connectivity index (χ0n) is 9.41. The molecule has 1 aromatic heterocycles. The first-order chi connectivity index (χ1) is 8.91. The van der Waals surface area contributed by atoms with E-state index in [1.807, 2.05) is 0 Å². The first-order valence-electron chi connectivity index (χ1n) is 5.20. The number of alkyl halides is 3. The van der Waals surface area contributed by atoms with Crippen LogP contribution in [0.5, 0.6) is 0 Å². The summed E-state index contributed by atoms with van der Waals surface area (Å²) in [6, 6.07) is 5.46. The summed E-state index contributed by atoms with van der Waals surface area (Å²) in [4.78, 5) is 14.1. The number of pyridine rings is 1. The lowest BCUT2D eigenvalue weighted by Crippen LogP contribution is -2.07. The molecule has 2 nitrogen and oxygen atoms in total. The summed E-state index contributed by atoms with van der Waals surface area (Å²) in [5, 5.41) is 0. The van der Waals surface area contributed by atoms with Crippen LogP contribution < -0.4 is 0 Å². The Bertz CT molecular complexity index is 605. The van der Waals surface area contributed by atoms with E-state index < -0.39 is 17.7 Å². The highest BCUT2D eigenvalue weighted by Crippen LogP contribution is 2.29. The molecule has 19 heavy (non-hydrogen) atoms. The molecule has 2 aromatic rings. The zero-order valence-corrected chi connectivity index (χ0v) is 9.41. The van der Waals surface area contributed by atoms with E-state index in [2.05, 4.69) is 4.98 Å². The molecule has 1 heterocycles. The van der Waals surface area contributed by atoms with Crippen LogP contribution in [-0.4, -0.2) is 11.3 Å². The van der Waals surface area contributed by atoms with Crippen molar-refractivity contribution in [1.29, 1.82) is 0 Å². The van der Waals surface area contributed by atoms with Gasteiger partial charge in [-0.05, 0) is 23.8 Å². The average Bonchev–Trinajstić information content (AvgIpc) is 2.37. The van der Waals surface area contributed by atoms with Gasteiger partial charge in [0.25, 0.3) is 0 Å². The van der Waals surface area contributed by atoms with Gasteiger partial charge in [0.1, 0.15) is 11.5 Å². The lowest BCUT2D eigenvalue weighted by atomic mass is 10.0. The SMILES string of the molecule is O=Cc1cc(F)ccc1-c1ccc(C(F)(F)F)nc1. The maximum Gasteiger partial charge on any atom is 0.433 e. The minimum atomic E-state index is -4.52. The van der Waals surface area contributed by atoms with E-state index in [1.54, 1.807) is 0 Å². The van der Waals surface area contributed by atoms with Gasteiger partial charge in [0, 0.05) is 17.3 Å². The van der Waals surface area contributed by atoms with Crippen molar-refractivity contribution in [3.8, 4) is 11.1 Å². The maximum atomic E-state index is 12.9. The highest BCUT2D eigenvalue weighted by Gasteiger charge is 2.32. The molecule has 0 aliphatic rings. The van der Waals surface area contributed by atoms with Gasteiger partial charge in [-0.2, -0.15) is 13.2 Å². The predicted octanol–water partition coefficient (Wildman–Crippen LogP) is 3.72. The fraction of sp³-hybridized carbons (Fsp3) is 0.0769. The summed E-state index contributed by atoms with van der Waals surface area (Å²) in [6.07, 6.45) is -3.08. The van der Waals surface area contributed by atoms with Crippen molar-refractivity contribution in [2.45, 2.75) is 6.18 Å². The molecular formula is C13H7F4NO. The van der Waals surface area contributed by atoms with Gasteiger partial charge in [0.05, 0.1) is 0 Å². The second-order valence-corrected chi connectivity index (χ2v) is 3.78. The fourth-order valence-electron chi connectivity index (χ4n) is 1.61. The Morgan fingerprint density at radius 1 is 1.11 bits per heavy atom. The highest BCUT2D eigenvalue weighted by molar-refractivity contribution is 5.87. The van der Waals surface area contributed by atoms with Crippen LogP contribution in [0.1, 0.15) is 16.1 Å². The van der Waals surface area contributed by atoms with Gasteiger partial charge in [0.15, 0.2) is 6.29 Å². The number of rotatable bonds is 2. The third-order valence-electron chi connectivity index (χ3n) is 2.51. The van der Waals surface area contributed by atoms with Crippen molar-refractivity contribution in [3.05, 3.63) is 53.6 Å². The van der Waals surface area contributed by atoms with Crippen LogP contribution in [0.2, 0.25) is 0 Å². The number of carbonyl (C=O) groups excluding carboxylic acids is 1. The van der Waals surface area contributed by atoms with E-state index in [1.165, 1.54) is 12.1 Å². The molecule has 0 radical (unpaired) electrons. The van der Waals surface area contributed by atoms with E-state index in [9.17, 15) is 22.4 Å². The van der Waals surface area contributed by atoms with Gasteiger partial charge in [-0.3, -0.25) is 9.78 Å². The Labute approximate surface area is 105 Å². The Hall–Kier alpha value is -2.24. The highest BCUT2D eigenvalue weighted by atomic mass is 19.4. The van der Waals surface area contributed by atoms with Gasteiger partial charge < -0.3 is 0 Å². The maximum absolute atomic E-state index is 12.9. The predicted molar refractivity (Wildman–Crippen MR) is 60.0 cm³/mol. The number of hydrogen-bond acceptors (Lipinski definition) is 2. The topological polar surface area (TPSA) is 30.0 Å². The van der Waals surface area contributed by atoms with Gasteiger partial charge in [-0.25, -0.2) is 4.39 Å². The number of nitrogens with zero attached hydrogens (tertiary/aromatic N) is 1. The molecule has 98 valence electrons. The molecule has 2 rings (SSSR count). The molecule has 6 heteroatoms. The quantitative estimate of drug-likeness (QED) is 0.614. The molecule has 0 spiro atoms. The Morgan fingerprint density at radius 3 is 2.37 bits per heavy atom. The standard InChI is InChI=1S/C13H7F4NO/c14-10-2-3-11(9(5-10)7-19)8-1-4-12(18-6-8)13(15,16)17/h1-7H. The van der Waals surface area contributed by atoms with E-state index in [0.717, 1.165) is 24.4 Å². The molecular weight excluding hydrogens is 262 g/mol. The van der Waals surface area contributed by atoms with Gasteiger partial charge in [-0.15, -0.1) is 0 Å². The van der Waals surface area contributed by atoms with Crippen molar-refractivity contribution < 1.29 is 22.4 Å². The molecule has 0 saturated heterocycles. The van der Waals surface area contributed by atoms with Crippen molar-refractivity contribution in [1.82, 2.24) is 4.98 Å². The average molecular weight is 269 g/mol. The van der Waals surface area contributed by atoms with Crippen LogP contribution in [0, 0.1) is 5.82 Å². The lowest BCUT2D eigenvalue weighted by Gasteiger charge is -2.08. The summed E-state index contributed by atoms with van der Waals surface area (Å²) >= 11 is 0. The van der Waals surface area contributed by atoms with E-state index in [-0.39, 0.29) is 5.56 Å². The fourth-order valence-corrected chi connectivity index (χ4v) is 1.61. The number of halogens is 4. The monoisotopic (exact) mass is 269 g/mol. The third kappa shape index (κ3) is 2.78.